The largest absolute Gasteiger partial charge is 0.465 e. The highest BCUT2D eigenvalue weighted by molar-refractivity contribution is 6.04. The Morgan fingerprint density at radius 2 is 2.00 bits per heavy atom. The van der Waals surface area contributed by atoms with E-state index >= 15 is 0 Å². The summed E-state index contributed by atoms with van der Waals surface area (Å²) in [6.07, 6.45) is 2.99. The molecule has 0 saturated carbocycles. The van der Waals surface area contributed by atoms with Crippen LogP contribution in [0.25, 0.3) is 22.4 Å². The first-order valence-corrected chi connectivity index (χ1v) is 11.3. The molecule has 0 aliphatic carbocycles. The third-order valence-electron chi connectivity index (χ3n) is 6.25. The van der Waals surface area contributed by atoms with E-state index in [0.29, 0.717) is 5.56 Å². The third-order valence-corrected chi connectivity index (χ3v) is 6.25. The number of methoxy groups -OCH3 is 1. The molecule has 2 heterocycles. The number of benzene rings is 2. The number of fused-ring (bicyclic) bond motifs is 2. The first-order valence-electron chi connectivity index (χ1n) is 11.3. The fraction of sp³-hybridized carbons (Fsp3) is 0.400. The topological polar surface area (TPSA) is 85.3 Å². The molecule has 2 N–H and O–H groups in total. The number of rotatable bonds is 7. The molecule has 3 aromatic rings. The van der Waals surface area contributed by atoms with Gasteiger partial charge in [0.25, 0.3) is 0 Å². The zero-order valence-corrected chi connectivity index (χ0v) is 19.1. The Kier molecular flexibility index (Phi) is 6.17. The molecule has 7 nitrogen and oxygen atoms in total. The van der Waals surface area contributed by atoms with Crippen LogP contribution in [-0.2, 0) is 16.1 Å². The van der Waals surface area contributed by atoms with Gasteiger partial charge in [-0.05, 0) is 48.7 Å². The zero-order valence-electron chi connectivity index (χ0n) is 19.1. The van der Waals surface area contributed by atoms with E-state index in [1.807, 2.05) is 24.3 Å². The highest BCUT2D eigenvalue weighted by atomic mass is 16.5. The van der Waals surface area contributed by atoms with Gasteiger partial charge in [0.1, 0.15) is 11.9 Å². The number of esters is 1. The van der Waals surface area contributed by atoms with E-state index in [1.165, 1.54) is 7.11 Å². The van der Waals surface area contributed by atoms with E-state index in [0.717, 1.165) is 59.6 Å². The quantitative estimate of drug-likeness (QED) is 0.507. The zero-order chi connectivity index (χ0) is 22.8. The van der Waals surface area contributed by atoms with Crippen LogP contribution in [0.1, 0.15) is 50.4 Å². The van der Waals surface area contributed by atoms with Crippen LogP contribution in [-0.4, -0.2) is 34.6 Å². The number of carbonyl (C=O) groups excluding carboxylic acids is 2. The van der Waals surface area contributed by atoms with Crippen molar-refractivity contribution in [2.75, 3.05) is 17.7 Å². The predicted molar refractivity (Wildman–Crippen MR) is 127 cm³/mol. The number of ether oxygens (including phenoxy) is 1. The van der Waals surface area contributed by atoms with Crippen molar-refractivity contribution in [1.82, 2.24) is 9.55 Å². The van der Waals surface area contributed by atoms with Crippen molar-refractivity contribution >= 4 is 34.3 Å². The summed E-state index contributed by atoms with van der Waals surface area (Å²) in [4.78, 5) is 29.5. The number of aromatic nitrogens is 2. The Morgan fingerprint density at radius 1 is 1.19 bits per heavy atom. The van der Waals surface area contributed by atoms with Gasteiger partial charge in [-0.3, -0.25) is 4.79 Å². The summed E-state index contributed by atoms with van der Waals surface area (Å²) in [6, 6.07) is 11.2. The highest BCUT2D eigenvalue weighted by Crippen LogP contribution is 2.35. The predicted octanol–water partition coefficient (Wildman–Crippen LogP) is 5.07. The summed E-state index contributed by atoms with van der Waals surface area (Å²) in [5.41, 5.74) is 4.79. The first kappa shape index (κ1) is 21.9. The molecule has 1 aliphatic heterocycles. The van der Waals surface area contributed by atoms with E-state index in [-0.39, 0.29) is 23.8 Å². The van der Waals surface area contributed by atoms with Gasteiger partial charge in [0, 0.05) is 12.1 Å². The van der Waals surface area contributed by atoms with Crippen LogP contribution in [0.4, 0.5) is 11.4 Å². The minimum Gasteiger partial charge on any atom is -0.465 e. The summed E-state index contributed by atoms with van der Waals surface area (Å²) < 4.78 is 7.04. The standard InChI is InChI=1S/C25H30N4O3/c1-5-7-12-29-21-11-9-17(25(31)32-4)14-20(21)27-23(29)16-8-10-18-19(13-16)28-24(30)22(26-18)15(3)6-2/h8-11,13-15,22,26H,5-7,12H2,1-4H3,(H,28,30)/t15?,22-/m0/s1. The number of aryl methyl sites for hydroxylation is 1. The van der Waals surface area contributed by atoms with Gasteiger partial charge in [-0.15, -0.1) is 0 Å². The first-order chi connectivity index (χ1) is 15.5. The molecule has 4 rings (SSSR count). The van der Waals surface area contributed by atoms with Crippen LogP contribution in [0.3, 0.4) is 0 Å². The number of amides is 1. The van der Waals surface area contributed by atoms with Gasteiger partial charge in [0.15, 0.2) is 0 Å². The molecule has 1 unspecified atom stereocenters. The Labute approximate surface area is 188 Å². The molecule has 32 heavy (non-hydrogen) atoms. The van der Waals surface area contributed by atoms with Crippen LogP contribution in [0.5, 0.6) is 0 Å². The fourth-order valence-electron chi connectivity index (χ4n) is 4.13. The van der Waals surface area contributed by atoms with Crippen molar-refractivity contribution in [3.05, 3.63) is 42.0 Å². The summed E-state index contributed by atoms with van der Waals surface area (Å²) in [7, 11) is 1.37. The normalized spacial score (nSPS) is 16.2. The number of unbranched alkanes of at least 4 members (excludes halogenated alkanes) is 1. The van der Waals surface area contributed by atoms with Crippen LogP contribution >= 0.6 is 0 Å². The van der Waals surface area contributed by atoms with Crippen LogP contribution in [0.15, 0.2) is 36.4 Å². The Bertz CT molecular complexity index is 1170. The Balaban J connectivity index is 1.76. The Morgan fingerprint density at radius 3 is 2.72 bits per heavy atom. The lowest BCUT2D eigenvalue weighted by Crippen LogP contribution is -2.43. The molecular formula is C25H30N4O3. The number of nitrogens with zero attached hydrogens (tertiary/aromatic N) is 2. The molecule has 0 bridgehead atoms. The molecule has 1 aromatic heterocycles. The Hall–Kier alpha value is -3.35. The number of nitrogens with one attached hydrogen (secondary N) is 2. The number of hydrogen-bond donors (Lipinski definition) is 2. The van der Waals surface area contributed by atoms with Crippen LogP contribution < -0.4 is 10.6 Å². The molecule has 2 aromatic carbocycles. The molecule has 0 spiro atoms. The second-order valence-electron chi connectivity index (χ2n) is 8.39. The second-order valence-corrected chi connectivity index (χ2v) is 8.39. The maximum atomic E-state index is 12.6. The number of imidazole rings is 1. The molecule has 1 aliphatic rings. The average molecular weight is 435 g/mol. The average Bonchev–Trinajstić information content (AvgIpc) is 3.18. The molecule has 168 valence electrons. The molecule has 7 heteroatoms. The molecule has 2 atom stereocenters. The van der Waals surface area contributed by atoms with Crippen molar-refractivity contribution in [1.29, 1.82) is 0 Å². The minimum atomic E-state index is -0.380. The lowest BCUT2D eigenvalue weighted by atomic mass is 9.95. The van der Waals surface area contributed by atoms with Gasteiger partial charge in [0.05, 0.1) is 35.1 Å². The van der Waals surface area contributed by atoms with Gasteiger partial charge in [-0.1, -0.05) is 33.6 Å². The monoisotopic (exact) mass is 434 g/mol. The maximum absolute atomic E-state index is 12.6. The number of anilines is 2. The van der Waals surface area contributed by atoms with Gasteiger partial charge in [-0.2, -0.15) is 0 Å². The molecule has 0 fully saturated rings. The number of hydrogen-bond acceptors (Lipinski definition) is 5. The van der Waals surface area contributed by atoms with Gasteiger partial charge < -0.3 is 19.9 Å². The lowest BCUT2D eigenvalue weighted by Gasteiger charge is -2.30. The summed E-state index contributed by atoms with van der Waals surface area (Å²) in [5, 5.41) is 6.45. The molecule has 0 saturated heterocycles. The highest BCUT2D eigenvalue weighted by Gasteiger charge is 2.29. The van der Waals surface area contributed by atoms with Crippen molar-refractivity contribution in [2.45, 2.75) is 52.6 Å². The minimum absolute atomic E-state index is 0.00814. The van der Waals surface area contributed by atoms with Crippen molar-refractivity contribution < 1.29 is 14.3 Å². The number of carbonyl (C=O) groups is 2. The van der Waals surface area contributed by atoms with Crippen LogP contribution in [0, 0.1) is 5.92 Å². The third kappa shape index (κ3) is 3.95. The summed E-state index contributed by atoms with van der Waals surface area (Å²) >= 11 is 0. The van der Waals surface area contributed by atoms with Crippen molar-refractivity contribution in [2.24, 2.45) is 5.92 Å². The van der Waals surface area contributed by atoms with E-state index in [4.69, 9.17) is 9.72 Å². The molecule has 1 amide bonds. The van der Waals surface area contributed by atoms with Gasteiger partial charge >= 0.3 is 5.97 Å². The molecule has 0 radical (unpaired) electrons. The van der Waals surface area contributed by atoms with Crippen LogP contribution in [0.2, 0.25) is 0 Å². The van der Waals surface area contributed by atoms with Crippen molar-refractivity contribution in [3.63, 3.8) is 0 Å². The maximum Gasteiger partial charge on any atom is 0.337 e. The van der Waals surface area contributed by atoms with E-state index < -0.39 is 0 Å². The SMILES string of the molecule is CCCCn1c(-c2ccc3c(c2)NC(=O)[C@H](C(C)CC)N3)nc2cc(C(=O)OC)ccc21. The summed E-state index contributed by atoms with van der Waals surface area (Å²) in [5.74, 6) is 0.669. The second kappa shape index (κ2) is 9.02. The van der Waals surface area contributed by atoms with Gasteiger partial charge in [0.2, 0.25) is 5.91 Å². The summed E-state index contributed by atoms with van der Waals surface area (Å²) in [6.45, 7) is 7.14. The molecular weight excluding hydrogens is 404 g/mol. The van der Waals surface area contributed by atoms with Crippen molar-refractivity contribution in [3.8, 4) is 11.4 Å². The van der Waals surface area contributed by atoms with Gasteiger partial charge in [-0.25, -0.2) is 9.78 Å². The smallest absolute Gasteiger partial charge is 0.337 e. The lowest BCUT2D eigenvalue weighted by molar-refractivity contribution is -0.118. The van der Waals surface area contributed by atoms with E-state index in [2.05, 4.69) is 36.0 Å². The fourth-order valence-corrected chi connectivity index (χ4v) is 4.13. The van der Waals surface area contributed by atoms with E-state index in [1.54, 1.807) is 12.1 Å². The van der Waals surface area contributed by atoms with E-state index in [9.17, 15) is 9.59 Å².